The third-order valence-electron chi connectivity index (χ3n) is 3.22. The van der Waals surface area contributed by atoms with Crippen molar-refractivity contribution in [3.05, 3.63) is 46.6 Å². The van der Waals surface area contributed by atoms with Crippen LogP contribution in [0.15, 0.2) is 35.5 Å². The second-order valence-electron chi connectivity index (χ2n) is 5.36. The van der Waals surface area contributed by atoms with Crippen molar-refractivity contribution < 1.29 is 28.1 Å². The zero-order valence-corrected chi connectivity index (χ0v) is 14.4. The number of halogens is 3. The lowest BCUT2D eigenvalue weighted by molar-refractivity contribution is -0.137. The minimum Gasteiger partial charge on any atom is -0.507 e. The van der Waals surface area contributed by atoms with Gasteiger partial charge in [-0.2, -0.15) is 13.2 Å². The zero-order chi connectivity index (χ0) is 19.7. The van der Waals surface area contributed by atoms with Gasteiger partial charge in [-0.15, -0.1) is 0 Å². The molecule has 1 aromatic heterocycles. The molecule has 0 saturated carbocycles. The zero-order valence-electron chi connectivity index (χ0n) is 14.4. The van der Waals surface area contributed by atoms with E-state index in [9.17, 15) is 23.1 Å². The third kappa shape index (κ3) is 6.85. The van der Waals surface area contributed by atoms with Crippen molar-refractivity contribution in [1.29, 1.82) is 0 Å². The van der Waals surface area contributed by atoms with Gasteiger partial charge in [-0.1, -0.05) is 0 Å². The molecule has 1 heterocycles. The second kappa shape index (κ2) is 9.93. The first-order valence-electron chi connectivity index (χ1n) is 7.85. The van der Waals surface area contributed by atoms with Gasteiger partial charge < -0.3 is 19.9 Å². The summed E-state index contributed by atoms with van der Waals surface area (Å²) in [6.07, 6.45) is -1.71. The fourth-order valence-corrected chi connectivity index (χ4v) is 1.87. The smallest absolute Gasteiger partial charge is 0.416 e. The largest absolute Gasteiger partial charge is 0.507 e. The van der Waals surface area contributed by atoms with Crippen LogP contribution in [-0.2, 0) is 10.9 Å². The van der Waals surface area contributed by atoms with Crippen molar-refractivity contribution in [3.8, 4) is 16.9 Å². The number of alkyl halides is 3. The van der Waals surface area contributed by atoms with E-state index in [4.69, 9.17) is 9.84 Å². The molecule has 144 valence electrons. The second-order valence-corrected chi connectivity index (χ2v) is 5.36. The van der Waals surface area contributed by atoms with Crippen molar-refractivity contribution in [1.82, 2.24) is 9.97 Å². The number of H-pyrrole nitrogens is 1. The molecule has 0 bridgehead atoms. The van der Waals surface area contributed by atoms with Crippen LogP contribution in [0.2, 0.25) is 0 Å². The number of ether oxygens (including phenoxy) is 1. The van der Waals surface area contributed by atoms with Crippen molar-refractivity contribution in [2.45, 2.75) is 32.5 Å². The molecular weight excluding hydrogens is 353 g/mol. The first kappa shape index (κ1) is 21.7. The van der Waals surface area contributed by atoms with Gasteiger partial charge in [0.05, 0.1) is 23.6 Å². The number of hydrogen-bond donors (Lipinski definition) is 3. The molecular formula is C17H21F3N2O4. The number of nitrogens with zero attached hydrogens (tertiary/aromatic N) is 1. The van der Waals surface area contributed by atoms with Crippen LogP contribution in [0, 0.1) is 0 Å². The quantitative estimate of drug-likeness (QED) is 0.700. The van der Waals surface area contributed by atoms with E-state index in [-0.39, 0.29) is 17.2 Å². The predicted octanol–water partition coefficient (Wildman–Crippen LogP) is 2.96. The molecule has 0 aliphatic carbocycles. The molecule has 6 nitrogen and oxygen atoms in total. The number of aliphatic hydroxyl groups is 1. The van der Waals surface area contributed by atoms with Crippen LogP contribution < -0.4 is 5.56 Å². The standard InChI is InChI=1S/C11H7F3N2O2.C6H14O2/c12-11(13,14)6-1-2-7(9(17)3-6)8-4-15-5-16-10(8)18;1-3-8-5-4-6(2)7/h1-5,17H,(H,15,16,18);6-7H,3-5H2,1-2H3. The molecule has 0 spiro atoms. The summed E-state index contributed by atoms with van der Waals surface area (Å²) in [5.41, 5.74) is -1.52. The highest BCUT2D eigenvalue weighted by Crippen LogP contribution is 2.35. The number of aromatic nitrogens is 2. The molecule has 3 N–H and O–H groups in total. The van der Waals surface area contributed by atoms with Gasteiger partial charge in [0.15, 0.2) is 0 Å². The third-order valence-corrected chi connectivity index (χ3v) is 3.22. The molecule has 1 unspecified atom stereocenters. The molecule has 0 saturated heterocycles. The number of phenols is 1. The monoisotopic (exact) mass is 374 g/mol. The fraction of sp³-hybridized carbons (Fsp3) is 0.412. The summed E-state index contributed by atoms with van der Waals surface area (Å²) in [4.78, 5) is 17.3. The van der Waals surface area contributed by atoms with Crippen molar-refractivity contribution in [3.63, 3.8) is 0 Å². The Balaban J connectivity index is 0.000000359. The molecule has 0 aliphatic rings. The van der Waals surface area contributed by atoms with Crippen LogP contribution in [0.4, 0.5) is 13.2 Å². The van der Waals surface area contributed by atoms with E-state index in [1.165, 1.54) is 6.20 Å². The van der Waals surface area contributed by atoms with Gasteiger partial charge in [0.2, 0.25) is 0 Å². The van der Waals surface area contributed by atoms with Gasteiger partial charge in [-0.3, -0.25) is 4.79 Å². The van der Waals surface area contributed by atoms with Gasteiger partial charge in [-0.25, -0.2) is 4.98 Å². The molecule has 0 radical (unpaired) electrons. The molecule has 1 atom stereocenters. The number of nitrogens with one attached hydrogen (secondary N) is 1. The molecule has 0 fully saturated rings. The van der Waals surface area contributed by atoms with Crippen LogP contribution in [-0.4, -0.2) is 39.5 Å². The Morgan fingerprint density at radius 3 is 2.50 bits per heavy atom. The Labute approximate surface area is 148 Å². The minimum atomic E-state index is -4.54. The highest BCUT2D eigenvalue weighted by atomic mass is 19.4. The number of aliphatic hydroxyl groups excluding tert-OH is 1. The van der Waals surface area contributed by atoms with Gasteiger partial charge in [0, 0.05) is 25.0 Å². The van der Waals surface area contributed by atoms with Crippen LogP contribution in [0.25, 0.3) is 11.1 Å². The maximum Gasteiger partial charge on any atom is 0.416 e. The number of benzene rings is 1. The SMILES string of the molecule is CCOCCC(C)O.O=c1[nH]cncc1-c1ccc(C(F)(F)F)cc1O. The number of aromatic amines is 1. The van der Waals surface area contributed by atoms with Gasteiger partial charge >= 0.3 is 6.18 Å². The van der Waals surface area contributed by atoms with Crippen LogP contribution >= 0.6 is 0 Å². The average molecular weight is 374 g/mol. The van der Waals surface area contributed by atoms with Crippen LogP contribution in [0.5, 0.6) is 5.75 Å². The van der Waals surface area contributed by atoms with E-state index >= 15 is 0 Å². The summed E-state index contributed by atoms with van der Waals surface area (Å²) >= 11 is 0. The van der Waals surface area contributed by atoms with Crippen LogP contribution in [0.3, 0.4) is 0 Å². The van der Waals surface area contributed by atoms with E-state index in [1.807, 2.05) is 6.92 Å². The Kier molecular flexibility index (Phi) is 8.27. The average Bonchev–Trinajstić information content (AvgIpc) is 2.55. The van der Waals surface area contributed by atoms with Gasteiger partial charge in [0.25, 0.3) is 5.56 Å². The minimum absolute atomic E-state index is 0.00245. The summed E-state index contributed by atoms with van der Waals surface area (Å²) in [7, 11) is 0. The van der Waals surface area contributed by atoms with Crippen molar-refractivity contribution in [2.24, 2.45) is 0 Å². The number of aromatic hydroxyl groups is 1. The molecule has 0 aliphatic heterocycles. The maximum atomic E-state index is 12.4. The van der Waals surface area contributed by atoms with E-state index in [0.29, 0.717) is 12.7 Å². The lowest BCUT2D eigenvalue weighted by Gasteiger charge is -2.09. The summed E-state index contributed by atoms with van der Waals surface area (Å²) in [6.45, 7) is 5.13. The van der Waals surface area contributed by atoms with Crippen LogP contribution in [0.1, 0.15) is 25.8 Å². The van der Waals surface area contributed by atoms with Gasteiger partial charge in [-0.05, 0) is 38.5 Å². The van der Waals surface area contributed by atoms with E-state index < -0.39 is 23.0 Å². The maximum absolute atomic E-state index is 12.4. The summed E-state index contributed by atoms with van der Waals surface area (Å²) in [5.74, 6) is -0.622. The Morgan fingerprint density at radius 2 is 2.00 bits per heavy atom. The summed E-state index contributed by atoms with van der Waals surface area (Å²) < 4.78 is 42.2. The van der Waals surface area contributed by atoms with Crippen molar-refractivity contribution >= 4 is 0 Å². The Hall–Kier alpha value is -2.39. The van der Waals surface area contributed by atoms with E-state index in [2.05, 4.69) is 9.97 Å². The molecule has 9 heteroatoms. The van der Waals surface area contributed by atoms with E-state index in [1.54, 1.807) is 6.92 Å². The Morgan fingerprint density at radius 1 is 1.31 bits per heavy atom. The lowest BCUT2D eigenvalue weighted by atomic mass is 10.0. The van der Waals surface area contributed by atoms with E-state index in [0.717, 1.165) is 31.5 Å². The number of rotatable bonds is 5. The predicted molar refractivity (Wildman–Crippen MR) is 89.8 cm³/mol. The normalized spacial score (nSPS) is 12.2. The molecule has 0 amide bonds. The number of hydrogen-bond acceptors (Lipinski definition) is 5. The highest BCUT2D eigenvalue weighted by Gasteiger charge is 2.31. The Bertz CT molecular complexity index is 745. The first-order chi connectivity index (χ1) is 12.2. The molecule has 2 aromatic rings. The lowest BCUT2D eigenvalue weighted by Crippen LogP contribution is -2.09. The van der Waals surface area contributed by atoms with Crippen molar-refractivity contribution in [2.75, 3.05) is 13.2 Å². The summed E-state index contributed by atoms with van der Waals surface area (Å²) in [6, 6.07) is 2.40. The number of phenolic OH excluding ortho intramolecular Hbond substituents is 1. The fourth-order valence-electron chi connectivity index (χ4n) is 1.87. The highest BCUT2D eigenvalue weighted by molar-refractivity contribution is 5.69. The topological polar surface area (TPSA) is 95.4 Å². The molecule has 2 rings (SSSR count). The first-order valence-corrected chi connectivity index (χ1v) is 7.85. The summed E-state index contributed by atoms with van der Waals surface area (Å²) in [5, 5.41) is 18.3. The molecule has 1 aromatic carbocycles. The van der Waals surface area contributed by atoms with Gasteiger partial charge in [0.1, 0.15) is 5.75 Å². The molecule has 26 heavy (non-hydrogen) atoms.